The predicted octanol–water partition coefficient (Wildman–Crippen LogP) is 2.15. The minimum atomic E-state index is -0.923. The second kappa shape index (κ2) is 4.28. The van der Waals surface area contributed by atoms with Gasteiger partial charge in [0.15, 0.2) is 0 Å². The lowest BCUT2D eigenvalue weighted by molar-refractivity contribution is -0.139. The smallest absolute Gasteiger partial charge is 0.311 e. The fourth-order valence-corrected chi connectivity index (χ4v) is 2.25. The first-order valence-electron chi connectivity index (χ1n) is 5.72. The summed E-state index contributed by atoms with van der Waals surface area (Å²) < 4.78 is 5.40. The van der Waals surface area contributed by atoms with Crippen LogP contribution in [-0.4, -0.2) is 22.8 Å². The molecule has 2 N–H and O–H groups in total. The summed E-state index contributed by atoms with van der Waals surface area (Å²) in [7, 11) is 0. The molecule has 17 heavy (non-hydrogen) atoms. The average molecular weight is 236 g/mol. The predicted molar refractivity (Wildman–Crippen MR) is 62.5 cm³/mol. The van der Waals surface area contributed by atoms with Gasteiger partial charge in [-0.25, -0.2) is 0 Å². The van der Waals surface area contributed by atoms with E-state index in [9.17, 15) is 15.0 Å². The Labute approximate surface area is 99.8 Å². The van der Waals surface area contributed by atoms with Gasteiger partial charge in [-0.3, -0.25) is 4.79 Å². The normalized spacial score (nSPS) is 15.5. The van der Waals surface area contributed by atoms with Crippen LogP contribution in [0.4, 0.5) is 0 Å². The summed E-state index contributed by atoms with van der Waals surface area (Å²) in [5.41, 5.74) is 1.38. The Morgan fingerprint density at radius 3 is 2.71 bits per heavy atom. The molecule has 0 saturated carbocycles. The maximum absolute atomic E-state index is 11.2. The van der Waals surface area contributed by atoms with E-state index in [-0.39, 0.29) is 11.7 Å². The second-order valence-corrected chi connectivity index (χ2v) is 4.68. The highest BCUT2D eigenvalue weighted by atomic mass is 16.5. The van der Waals surface area contributed by atoms with E-state index in [0.29, 0.717) is 17.9 Å². The number of rotatable bonds is 3. The van der Waals surface area contributed by atoms with E-state index in [2.05, 4.69) is 0 Å². The molecule has 92 valence electrons. The number of aromatic hydroxyl groups is 1. The number of aliphatic carboxylic acids is 1. The van der Waals surface area contributed by atoms with Crippen LogP contribution in [-0.2, 0) is 11.2 Å². The number of fused-ring (bicyclic) bond motifs is 1. The van der Waals surface area contributed by atoms with Crippen LogP contribution in [0, 0.1) is 5.92 Å². The number of benzene rings is 1. The Hall–Kier alpha value is -1.71. The summed E-state index contributed by atoms with van der Waals surface area (Å²) in [5, 5.41) is 19.1. The molecule has 0 fully saturated rings. The number of carboxylic acids is 1. The van der Waals surface area contributed by atoms with E-state index >= 15 is 0 Å². The molecule has 1 aliphatic rings. The van der Waals surface area contributed by atoms with E-state index in [4.69, 9.17) is 4.74 Å². The Bertz CT molecular complexity index is 451. The first-order chi connectivity index (χ1) is 8.00. The summed E-state index contributed by atoms with van der Waals surface area (Å²) in [6.45, 7) is 4.25. The molecule has 0 spiro atoms. The van der Waals surface area contributed by atoms with Gasteiger partial charge in [0.25, 0.3) is 0 Å². The number of hydrogen-bond acceptors (Lipinski definition) is 3. The van der Waals surface area contributed by atoms with Gasteiger partial charge in [-0.1, -0.05) is 13.8 Å². The van der Waals surface area contributed by atoms with E-state index in [1.807, 2.05) is 13.8 Å². The fraction of sp³-hybridized carbons (Fsp3) is 0.462. The van der Waals surface area contributed by atoms with Crippen LogP contribution in [0.2, 0.25) is 0 Å². The van der Waals surface area contributed by atoms with Crippen LogP contribution >= 0.6 is 0 Å². The third-order valence-corrected chi connectivity index (χ3v) is 3.11. The standard InChI is InChI=1S/C13H16O4/c1-7(2)12(13(15)16)9-6-11-8(3-4-17-11)5-10(9)14/h5-7,12,14H,3-4H2,1-2H3,(H,15,16). The molecular weight excluding hydrogens is 220 g/mol. The van der Waals surface area contributed by atoms with Crippen LogP contribution in [0.3, 0.4) is 0 Å². The van der Waals surface area contributed by atoms with Gasteiger partial charge in [0, 0.05) is 17.5 Å². The van der Waals surface area contributed by atoms with Crippen molar-refractivity contribution in [3.8, 4) is 11.5 Å². The maximum atomic E-state index is 11.2. The highest BCUT2D eigenvalue weighted by molar-refractivity contribution is 5.78. The topological polar surface area (TPSA) is 66.8 Å². The van der Waals surface area contributed by atoms with Crippen LogP contribution in [0.5, 0.6) is 11.5 Å². The molecule has 1 aromatic carbocycles. The molecule has 1 atom stereocenters. The molecule has 4 nitrogen and oxygen atoms in total. The Kier molecular flexibility index (Phi) is 2.96. The lowest BCUT2D eigenvalue weighted by atomic mass is 9.87. The molecular formula is C13H16O4. The van der Waals surface area contributed by atoms with Gasteiger partial charge in [-0.05, 0) is 18.1 Å². The third kappa shape index (κ3) is 2.07. The van der Waals surface area contributed by atoms with Crippen LogP contribution in [0.1, 0.15) is 30.9 Å². The molecule has 0 saturated heterocycles. The molecule has 0 bridgehead atoms. The third-order valence-electron chi connectivity index (χ3n) is 3.11. The van der Waals surface area contributed by atoms with Crippen LogP contribution in [0.25, 0.3) is 0 Å². The van der Waals surface area contributed by atoms with Gasteiger partial charge in [0.05, 0.1) is 12.5 Å². The van der Waals surface area contributed by atoms with Crippen molar-refractivity contribution in [2.75, 3.05) is 6.61 Å². The minimum absolute atomic E-state index is 0.0513. The van der Waals surface area contributed by atoms with Crippen molar-refractivity contribution < 1.29 is 19.7 Å². The SMILES string of the molecule is CC(C)C(C(=O)O)c1cc2c(cc1O)CCO2. The molecule has 0 aliphatic carbocycles. The monoisotopic (exact) mass is 236 g/mol. The van der Waals surface area contributed by atoms with Crippen molar-refractivity contribution in [3.63, 3.8) is 0 Å². The average Bonchev–Trinajstić information content (AvgIpc) is 2.64. The highest BCUT2D eigenvalue weighted by Gasteiger charge is 2.28. The molecule has 2 rings (SSSR count). The first kappa shape index (κ1) is 11.8. The number of hydrogen-bond donors (Lipinski definition) is 2. The number of phenolic OH excluding ortho intramolecular Hbond substituents is 1. The van der Waals surface area contributed by atoms with Crippen molar-refractivity contribution in [3.05, 3.63) is 23.3 Å². The van der Waals surface area contributed by atoms with Crippen molar-refractivity contribution >= 4 is 5.97 Å². The quantitative estimate of drug-likeness (QED) is 0.843. The van der Waals surface area contributed by atoms with E-state index in [1.54, 1.807) is 12.1 Å². The molecule has 0 radical (unpaired) electrons. The van der Waals surface area contributed by atoms with Crippen LogP contribution < -0.4 is 4.74 Å². The zero-order valence-corrected chi connectivity index (χ0v) is 9.93. The lowest BCUT2D eigenvalue weighted by Crippen LogP contribution is -2.17. The molecule has 1 aliphatic heterocycles. The molecule has 1 aromatic rings. The summed E-state index contributed by atoms with van der Waals surface area (Å²) in [4.78, 5) is 11.2. The lowest BCUT2D eigenvalue weighted by Gasteiger charge is -2.18. The highest BCUT2D eigenvalue weighted by Crippen LogP contribution is 2.38. The zero-order valence-electron chi connectivity index (χ0n) is 9.93. The maximum Gasteiger partial charge on any atom is 0.311 e. The van der Waals surface area contributed by atoms with Gasteiger partial charge < -0.3 is 14.9 Å². The number of ether oxygens (including phenoxy) is 1. The summed E-state index contributed by atoms with van der Waals surface area (Å²) in [6.07, 6.45) is 0.766. The fourth-order valence-electron chi connectivity index (χ4n) is 2.25. The molecule has 1 unspecified atom stereocenters. The molecule has 0 amide bonds. The first-order valence-corrected chi connectivity index (χ1v) is 5.72. The van der Waals surface area contributed by atoms with Gasteiger partial charge in [0.1, 0.15) is 11.5 Å². The summed E-state index contributed by atoms with van der Waals surface area (Å²) in [6, 6.07) is 3.28. The van der Waals surface area contributed by atoms with E-state index < -0.39 is 11.9 Å². The molecule has 4 heteroatoms. The molecule has 0 aromatic heterocycles. The van der Waals surface area contributed by atoms with Crippen molar-refractivity contribution in [1.29, 1.82) is 0 Å². The van der Waals surface area contributed by atoms with Crippen LogP contribution in [0.15, 0.2) is 12.1 Å². The van der Waals surface area contributed by atoms with Gasteiger partial charge >= 0.3 is 5.97 Å². The number of carboxylic acid groups (broad SMARTS) is 1. The summed E-state index contributed by atoms with van der Waals surface area (Å²) in [5.74, 6) is -0.962. The Morgan fingerprint density at radius 1 is 1.41 bits per heavy atom. The van der Waals surface area contributed by atoms with Gasteiger partial charge in [0.2, 0.25) is 0 Å². The molecule has 1 heterocycles. The number of phenols is 1. The van der Waals surface area contributed by atoms with Crippen molar-refractivity contribution in [1.82, 2.24) is 0 Å². The number of carbonyl (C=O) groups is 1. The summed E-state index contributed by atoms with van der Waals surface area (Å²) >= 11 is 0. The van der Waals surface area contributed by atoms with E-state index in [1.165, 1.54) is 0 Å². The Morgan fingerprint density at radius 2 is 2.12 bits per heavy atom. The van der Waals surface area contributed by atoms with Crippen molar-refractivity contribution in [2.24, 2.45) is 5.92 Å². The van der Waals surface area contributed by atoms with Gasteiger partial charge in [-0.2, -0.15) is 0 Å². The Balaban J connectivity index is 2.47. The van der Waals surface area contributed by atoms with Gasteiger partial charge in [-0.15, -0.1) is 0 Å². The minimum Gasteiger partial charge on any atom is -0.508 e. The van der Waals surface area contributed by atoms with E-state index in [0.717, 1.165) is 12.0 Å². The zero-order chi connectivity index (χ0) is 12.6. The van der Waals surface area contributed by atoms with Crippen molar-refractivity contribution in [2.45, 2.75) is 26.2 Å². The largest absolute Gasteiger partial charge is 0.508 e. The second-order valence-electron chi connectivity index (χ2n) is 4.68.